The van der Waals surface area contributed by atoms with Gasteiger partial charge >= 0.3 is 0 Å². The lowest BCUT2D eigenvalue weighted by molar-refractivity contribution is 0.620. The van der Waals surface area contributed by atoms with Crippen LogP contribution in [0.4, 0.5) is 4.39 Å². The third-order valence-corrected chi connectivity index (χ3v) is 12.0. The Morgan fingerprint density at radius 2 is 1.43 bits per heavy atom. The number of aryl methyl sites for hydroxylation is 1. The van der Waals surface area contributed by atoms with Gasteiger partial charge in [0.1, 0.15) is 5.82 Å². The van der Waals surface area contributed by atoms with Crippen molar-refractivity contribution in [1.29, 1.82) is 0 Å². The Morgan fingerprint density at radius 1 is 0.905 bits per heavy atom. The summed E-state index contributed by atoms with van der Waals surface area (Å²) in [5, 5.41) is 1.16. The summed E-state index contributed by atoms with van der Waals surface area (Å²) in [7, 11) is -1.82. The zero-order valence-corrected chi connectivity index (χ0v) is 15.4. The fraction of sp³-hybridized carbons (Fsp3) is 0.556. The number of aromatic nitrogens is 1. The maximum atomic E-state index is 14.1. The summed E-state index contributed by atoms with van der Waals surface area (Å²) >= 11 is 0. The summed E-state index contributed by atoms with van der Waals surface area (Å²) in [5.74, 6) is -0.0957. The van der Waals surface area contributed by atoms with Crippen molar-refractivity contribution in [3.05, 3.63) is 35.8 Å². The minimum atomic E-state index is -1.82. The molecule has 0 atom stereocenters. The molecule has 0 fully saturated rings. The molecule has 0 unspecified atom stereocenters. The lowest BCUT2D eigenvalue weighted by Crippen LogP contribution is -2.51. The molecule has 0 spiro atoms. The molecule has 0 N–H and O–H groups in total. The molecule has 2 aromatic rings. The van der Waals surface area contributed by atoms with Gasteiger partial charge in [-0.3, -0.25) is 0 Å². The molecule has 0 radical (unpaired) electrons. The van der Waals surface area contributed by atoms with E-state index in [1.165, 1.54) is 0 Å². The van der Waals surface area contributed by atoms with Gasteiger partial charge in [0.05, 0.1) is 0 Å². The Bertz CT molecular complexity index is 618. The third kappa shape index (κ3) is 2.26. The van der Waals surface area contributed by atoms with E-state index in [0.717, 1.165) is 16.5 Å². The van der Waals surface area contributed by atoms with Crippen LogP contribution in [-0.4, -0.2) is 12.5 Å². The van der Waals surface area contributed by atoms with Gasteiger partial charge in [0, 0.05) is 11.1 Å². The van der Waals surface area contributed by atoms with Gasteiger partial charge < -0.3 is 4.23 Å². The van der Waals surface area contributed by atoms with Crippen molar-refractivity contribution < 1.29 is 4.39 Å². The first-order valence-electron chi connectivity index (χ1n) is 8.01. The van der Waals surface area contributed by atoms with Crippen LogP contribution in [0.25, 0.3) is 10.9 Å². The minimum absolute atomic E-state index is 0.0957. The lowest BCUT2D eigenvalue weighted by Gasteiger charge is -2.44. The minimum Gasteiger partial charge on any atom is -0.373 e. The highest BCUT2D eigenvalue weighted by atomic mass is 28.3. The standard InChI is InChI=1S/C18H28FNSi/c1-12(2)21(13(3)4,14(5)6)20-11-10-16-8-9-17(19)15(7)18(16)20/h8-14H,1-7H3. The predicted octanol–water partition coefficient (Wildman–Crippen LogP) is 6.11. The van der Waals surface area contributed by atoms with Crippen LogP contribution in [-0.2, 0) is 0 Å². The van der Waals surface area contributed by atoms with Gasteiger partial charge in [0.25, 0.3) is 0 Å². The Kier molecular flexibility index (Phi) is 4.34. The van der Waals surface area contributed by atoms with E-state index >= 15 is 0 Å². The zero-order chi connectivity index (χ0) is 15.9. The van der Waals surface area contributed by atoms with E-state index in [9.17, 15) is 4.39 Å². The van der Waals surface area contributed by atoms with E-state index < -0.39 is 8.24 Å². The monoisotopic (exact) mass is 305 g/mol. The molecule has 1 aromatic heterocycles. The third-order valence-electron chi connectivity index (χ3n) is 5.23. The van der Waals surface area contributed by atoms with Crippen molar-refractivity contribution in [1.82, 2.24) is 4.23 Å². The van der Waals surface area contributed by atoms with Crippen LogP contribution in [0.1, 0.15) is 47.1 Å². The molecule has 0 aliphatic heterocycles. The topological polar surface area (TPSA) is 4.93 Å². The first-order valence-corrected chi connectivity index (χ1v) is 10.2. The Morgan fingerprint density at radius 3 is 1.90 bits per heavy atom. The molecular weight excluding hydrogens is 277 g/mol. The largest absolute Gasteiger partial charge is 0.373 e. The normalized spacial score (nSPS) is 13.1. The number of rotatable bonds is 4. The van der Waals surface area contributed by atoms with Crippen LogP contribution in [0.3, 0.4) is 0 Å². The molecule has 2 rings (SSSR count). The Hall–Kier alpha value is -1.09. The van der Waals surface area contributed by atoms with Gasteiger partial charge in [0.15, 0.2) is 8.24 Å². The van der Waals surface area contributed by atoms with Crippen molar-refractivity contribution in [2.75, 3.05) is 0 Å². The average Bonchev–Trinajstić information content (AvgIpc) is 2.78. The number of halogens is 1. The van der Waals surface area contributed by atoms with Gasteiger partial charge in [0.2, 0.25) is 0 Å². The molecule has 3 heteroatoms. The molecule has 0 aliphatic rings. The van der Waals surface area contributed by atoms with Crippen molar-refractivity contribution in [2.24, 2.45) is 0 Å². The number of fused-ring (bicyclic) bond motifs is 1. The molecule has 116 valence electrons. The number of benzene rings is 1. The van der Waals surface area contributed by atoms with Crippen LogP contribution in [0.15, 0.2) is 24.4 Å². The van der Waals surface area contributed by atoms with E-state index in [0.29, 0.717) is 16.6 Å². The summed E-state index contributed by atoms with van der Waals surface area (Å²) in [4.78, 5) is 0. The van der Waals surface area contributed by atoms with Crippen molar-refractivity contribution in [3.8, 4) is 0 Å². The van der Waals surface area contributed by atoms with E-state index in [1.54, 1.807) is 6.07 Å². The fourth-order valence-electron chi connectivity index (χ4n) is 4.54. The summed E-state index contributed by atoms with van der Waals surface area (Å²) in [6.45, 7) is 16.0. The van der Waals surface area contributed by atoms with Crippen molar-refractivity contribution >= 4 is 19.1 Å². The molecule has 0 saturated carbocycles. The summed E-state index contributed by atoms with van der Waals surface area (Å²) < 4.78 is 16.6. The number of nitrogens with zero attached hydrogens (tertiary/aromatic N) is 1. The molecule has 1 aromatic carbocycles. The van der Waals surface area contributed by atoms with E-state index in [1.807, 2.05) is 13.0 Å². The highest BCUT2D eigenvalue weighted by Crippen LogP contribution is 2.44. The Labute approximate surface area is 129 Å². The van der Waals surface area contributed by atoms with Gasteiger partial charge in [-0.15, -0.1) is 0 Å². The lowest BCUT2D eigenvalue weighted by atomic mass is 10.1. The smallest absolute Gasteiger partial charge is 0.169 e. The van der Waals surface area contributed by atoms with Gasteiger partial charge in [-0.2, -0.15) is 0 Å². The fourth-order valence-corrected chi connectivity index (χ4v) is 11.2. The van der Waals surface area contributed by atoms with Gasteiger partial charge in [-0.25, -0.2) is 4.39 Å². The average molecular weight is 306 g/mol. The second-order valence-electron chi connectivity index (χ2n) is 7.15. The molecule has 0 bridgehead atoms. The predicted molar refractivity (Wildman–Crippen MR) is 93.1 cm³/mol. The van der Waals surface area contributed by atoms with Crippen LogP contribution in [0, 0.1) is 12.7 Å². The van der Waals surface area contributed by atoms with Crippen LogP contribution in [0.5, 0.6) is 0 Å². The summed E-state index contributed by atoms with van der Waals surface area (Å²) in [6, 6.07) is 5.65. The van der Waals surface area contributed by atoms with E-state index in [2.05, 4.69) is 58.0 Å². The maximum absolute atomic E-state index is 14.1. The molecule has 0 aliphatic carbocycles. The van der Waals surface area contributed by atoms with E-state index in [4.69, 9.17) is 0 Å². The van der Waals surface area contributed by atoms with E-state index in [-0.39, 0.29) is 5.82 Å². The van der Waals surface area contributed by atoms with Gasteiger partial charge in [-0.1, -0.05) is 41.5 Å². The maximum Gasteiger partial charge on any atom is 0.169 e. The summed E-state index contributed by atoms with van der Waals surface area (Å²) in [6.07, 6.45) is 2.21. The second-order valence-corrected chi connectivity index (χ2v) is 12.9. The van der Waals surface area contributed by atoms with Crippen molar-refractivity contribution in [2.45, 2.75) is 65.1 Å². The quantitative estimate of drug-likeness (QED) is 0.600. The second kappa shape index (κ2) is 5.60. The highest BCUT2D eigenvalue weighted by Gasteiger charge is 2.45. The molecule has 0 saturated heterocycles. The highest BCUT2D eigenvalue weighted by molar-refractivity contribution is 6.82. The molecule has 1 nitrogen and oxygen atoms in total. The van der Waals surface area contributed by atoms with Crippen molar-refractivity contribution in [3.63, 3.8) is 0 Å². The van der Waals surface area contributed by atoms with Crippen LogP contribution in [0.2, 0.25) is 16.6 Å². The molecular formula is C18H28FNSi. The van der Waals surface area contributed by atoms with Crippen LogP contribution >= 0.6 is 0 Å². The first kappa shape index (κ1) is 16.3. The summed E-state index contributed by atoms with van der Waals surface area (Å²) in [5.41, 5.74) is 3.72. The SMILES string of the molecule is Cc1c(F)ccc2ccn([Si](C(C)C)(C(C)C)C(C)C)c12. The number of hydrogen-bond acceptors (Lipinski definition) is 0. The molecule has 0 amide bonds. The zero-order valence-electron chi connectivity index (χ0n) is 14.4. The Balaban J connectivity index is 2.87. The van der Waals surface area contributed by atoms with Gasteiger partial charge in [-0.05, 0) is 53.3 Å². The van der Waals surface area contributed by atoms with Crippen LogP contribution < -0.4 is 0 Å². The number of hydrogen-bond donors (Lipinski definition) is 0. The molecule has 1 heterocycles. The molecule has 21 heavy (non-hydrogen) atoms. The first-order chi connectivity index (χ1) is 9.74.